The molecule has 1 saturated heterocycles. The summed E-state index contributed by atoms with van der Waals surface area (Å²) in [5, 5.41) is 5.71. The number of carbonyl (C=O) groups is 2. The van der Waals surface area contributed by atoms with Crippen molar-refractivity contribution in [2.45, 2.75) is 56.6 Å². The van der Waals surface area contributed by atoms with E-state index in [9.17, 15) is 18.0 Å². The first kappa shape index (κ1) is 28.4. The number of pyridine rings is 1. The van der Waals surface area contributed by atoms with Gasteiger partial charge in [-0.15, -0.1) is 0 Å². The summed E-state index contributed by atoms with van der Waals surface area (Å²) in [7, 11) is -3.44. The Morgan fingerprint density at radius 1 is 1.08 bits per heavy atom. The van der Waals surface area contributed by atoms with Gasteiger partial charge in [0.25, 0.3) is 5.91 Å². The lowest BCUT2D eigenvalue weighted by Gasteiger charge is -2.38. The Hall–Kier alpha value is -2.65. The van der Waals surface area contributed by atoms with Crippen LogP contribution in [0.25, 0.3) is 0 Å². The molecule has 38 heavy (non-hydrogen) atoms. The molecule has 0 spiro atoms. The summed E-state index contributed by atoms with van der Waals surface area (Å²) in [6, 6.07) is 10.1. The fourth-order valence-electron chi connectivity index (χ4n) is 5.58. The van der Waals surface area contributed by atoms with Gasteiger partial charge in [0.15, 0.2) is 15.7 Å². The molecule has 1 aliphatic carbocycles. The van der Waals surface area contributed by atoms with Gasteiger partial charge in [0.1, 0.15) is 0 Å². The van der Waals surface area contributed by atoms with E-state index in [1.807, 2.05) is 4.90 Å². The number of halogens is 1. The van der Waals surface area contributed by atoms with Gasteiger partial charge in [-0.3, -0.25) is 9.59 Å². The van der Waals surface area contributed by atoms with E-state index in [0.717, 1.165) is 12.8 Å². The van der Waals surface area contributed by atoms with E-state index in [0.29, 0.717) is 47.5 Å². The quantitative estimate of drug-likeness (QED) is 0.453. The lowest BCUT2D eigenvalue weighted by Crippen LogP contribution is -2.49. The number of aromatic nitrogens is 1. The average Bonchev–Trinajstić information content (AvgIpc) is 3.16. The summed E-state index contributed by atoms with van der Waals surface area (Å²) in [5.41, 5.74) is 0.902. The summed E-state index contributed by atoms with van der Waals surface area (Å²) >= 11 is 6.03. The molecule has 2 atom stereocenters. The van der Waals surface area contributed by atoms with Crippen LogP contribution in [0.5, 0.6) is 0 Å². The fraction of sp³-hybridized carbons (Fsp3) is 0.536. The minimum Gasteiger partial charge on any atom is -0.356 e. The van der Waals surface area contributed by atoms with Crippen LogP contribution in [0.3, 0.4) is 0 Å². The zero-order chi connectivity index (χ0) is 27.1. The van der Waals surface area contributed by atoms with Gasteiger partial charge < -0.3 is 15.5 Å². The predicted molar refractivity (Wildman–Crippen MR) is 151 cm³/mol. The second-order valence-corrected chi connectivity index (χ2v) is 13.3. The largest absolute Gasteiger partial charge is 0.356 e. The minimum atomic E-state index is -3.44. The minimum absolute atomic E-state index is 0.0753. The van der Waals surface area contributed by atoms with Gasteiger partial charge in [0.05, 0.1) is 10.9 Å². The highest BCUT2D eigenvalue weighted by Gasteiger charge is 2.38. The molecule has 2 aromatic rings. The lowest BCUT2D eigenvalue weighted by molar-refractivity contribution is -0.122. The number of anilines is 2. The third-order valence-corrected chi connectivity index (χ3v) is 9.55. The number of sulfone groups is 1. The molecule has 10 heteroatoms. The normalized spacial score (nSPS) is 20.9. The zero-order valence-corrected chi connectivity index (χ0v) is 23.4. The van der Waals surface area contributed by atoms with Crippen molar-refractivity contribution in [1.82, 2.24) is 10.3 Å². The van der Waals surface area contributed by atoms with Gasteiger partial charge in [-0.05, 0) is 61.4 Å². The number of hydrogen-bond acceptors (Lipinski definition) is 6. The molecule has 2 amide bonds. The first-order valence-corrected chi connectivity index (χ1v) is 15.8. The van der Waals surface area contributed by atoms with Crippen molar-refractivity contribution in [2.24, 2.45) is 11.8 Å². The van der Waals surface area contributed by atoms with E-state index in [1.165, 1.54) is 31.9 Å². The number of nitrogens with one attached hydrogen (secondary N) is 2. The molecule has 0 bridgehead atoms. The molecule has 1 saturated carbocycles. The molecule has 0 radical (unpaired) electrons. The molecule has 1 aromatic carbocycles. The van der Waals surface area contributed by atoms with E-state index in [4.69, 9.17) is 11.6 Å². The Labute approximate surface area is 230 Å². The zero-order valence-electron chi connectivity index (χ0n) is 21.9. The number of rotatable bonds is 8. The predicted octanol–water partition coefficient (Wildman–Crippen LogP) is 4.70. The van der Waals surface area contributed by atoms with Crippen molar-refractivity contribution >= 4 is 44.8 Å². The molecule has 1 aliphatic heterocycles. The van der Waals surface area contributed by atoms with E-state index >= 15 is 0 Å². The van der Waals surface area contributed by atoms with Crippen LogP contribution in [-0.2, 0) is 14.6 Å². The summed E-state index contributed by atoms with van der Waals surface area (Å²) < 4.78 is 25.6. The molecular weight excluding hydrogens is 524 g/mol. The number of carbonyl (C=O) groups excluding carboxylic acids is 2. The Kier molecular flexibility index (Phi) is 9.65. The Bertz CT molecular complexity index is 1230. The average molecular weight is 561 g/mol. The monoisotopic (exact) mass is 560 g/mol. The Morgan fingerprint density at radius 2 is 1.84 bits per heavy atom. The Balaban J connectivity index is 1.42. The molecule has 4 rings (SSSR count). The van der Waals surface area contributed by atoms with Crippen LogP contribution in [-0.4, -0.2) is 56.4 Å². The highest BCUT2D eigenvalue weighted by Crippen LogP contribution is 2.32. The number of amides is 2. The second-order valence-electron chi connectivity index (χ2n) is 10.6. The second kappa shape index (κ2) is 12.9. The number of nitrogens with zero attached hydrogens (tertiary/aromatic N) is 2. The summed E-state index contributed by atoms with van der Waals surface area (Å²) in [6.45, 7) is 1.41. The molecule has 2 unspecified atom stereocenters. The molecular formula is C28H37ClN4O4S. The topological polar surface area (TPSA) is 108 Å². The van der Waals surface area contributed by atoms with Crippen molar-refractivity contribution in [1.29, 1.82) is 0 Å². The first-order chi connectivity index (χ1) is 18.2. The van der Waals surface area contributed by atoms with Gasteiger partial charge in [-0.1, -0.05) is 43.4 Å². The highest BCUT2D eigenvalue weighted by molar-refractivity contribution is 7.91. The summed E-state index contributed by atoms with van der Waals surface area (Å²) in [6.07, 6.45) is 10.8. The van der Waals surface area contributed by atoms with Crippen molar-refractivity contribution in [3.05, 3.63) is 53.2 Å². The molecule has 2 heterocycles. The van der Waals surface area contributed by atoms with E-state index in [-0.39, 0.29) is 30.7 Å². The molecule has 8 nitrogen and oxygen atoms in total. The SMILES string of the molecule is CS(=O)(=O)C1CN(c2ncccc2NC(=O)c2cccc(Cl)c2)CCC1CC(=O)NCC1CCCCCC1. The fourth-order valence-corrected chi connectivity index (χ4v) is 7.16. The van der Waals surface area contributed by atoms with Gasteiger partial charge in [0.2, 0.25) is 5.91 Å². The standard InChI is InChI=1S/C28H37ClN4O4S/c1-38(36,37)25-19-33(15-13-21(25)17-26(34)31-18-20-8-4-2-3-5-9-20)27-24(12-7-14-30-27)32-28(35)22-10-6-11-23(29)16-22/h6-7,10-12,14,16,20-21,25H,2-5,8-9,13,15,17-19H2,1H3,(H,31,34)(H,32,35). The van der Waals surface area contributed by atoms with Crippen LogP contribution in [0, 0.1) is 11.8 Å². The Morgan fingerprint density at radius 3 is 2.55 bits per heavy atom. The maximum atomic E-state index is 12.8. The van der Waals surface area contributed by atoms with Crippen LogP contribution in [0.1, 0.15) is 61.7 Å². The highest BCUT2D eigenvalue weighted by atomic mass is 35.5. The molecule has 2 fully saturated rings. The van der Waals surface area contributed by atoms with Gasteiger partial charge in [-0.2, -0.15) is 0 Å². The van der Waals surface area contributed by atoms with Crippen LogP contribution in [0.2, 0.25) is 5.02 Å². The number of piperidine rings is 1. The first-order valence-electron chi connectivity index (χ1n) is 13.4. The summed E-state index contributed by atoms with van der Waals surface area (Å²) in [4.78, 5) is 32.0. The third-order valence-electron chi connectivity index (χ3n) is 7.68. The lowest BCUT2D eigenvalue weighted by atomic mass is 9.92. The third kappa shape index (κ3) is 7.69. The molecule has 2 aliphatic rings. The van der Waals surface area contributed by atoms with E-state index in [2.05, 4.69) is 15.6 Å². The summed E-state index contributed by atoms with van der Waals surface area (Å²) in [5.74, 6) is 0.338. The number of benzene rings is 1. The van der Waals surface area contributed by atoms with Crippen LogP contribution in [0.4, 0.5) is 11.5 Å². The van der Waals surface area contributed by atoms with Crippen molar-refractivity contribution in [3.8, 4) is 0 Å². The van der Waals surface area contributed by atoms with Crippen molar-refractivity contribution < 1.29 is 18.0 Å². The maximum Gasteiger partial charge on any atom is 0.255 e. The van der Waals surface area contributed by atoms with Crippen LogP contribution in [0.15, 0.2) is 42.6 Å². The molecule has 2 N–H and O–H groups in total. The van der Waals surface area contributed by atoms with E-state index in [1.54, 1.807) is 42.6 Å². The van der Waals surface area contributed by atoms with Gasteiger partial charge in [-0.25, -0.2) is 13.4 Å². The van der Waals surface area contributed by atoms with Crippen molar-refractivity contribution in [3.63, 3.8) is 0 Å². The number of hydrogen-bond donors (Lipinski definition) is 2. The van der Waals surface area contributed by atoms with Gasteiger partial charge in [0, 0.05) is 49.1 Å². The van der Waals surface area contributed by atoms with Crippen LogP contribution >= 0.6 is 11.6 Å². The van der Waals surface area contributed by atoms with E-state index < -0.39 is 15.1 Å². The smallest absolute Gasteiger partial charge is 0.255 e. The van der Waals surface area contributed by atoms with Gasteiger partial charge >= 0.3 is 0 Å². The molecule has 206 valence electrons. The van der Waals surface area contributed by atoms with Crippen molar-refractivity contribution in [2.75, 3.05) is 36.1 Å². The maximum absolute atomic E-state index is 12.8. The molecule has 1 aromatic heterocycles. The van der Waals surface area contributed by atoms with Crippen LogP contribution < -0.4 is 15.5 Å².